The molecule has 0 saturated carbocycles. The van der Waals surface area contributed by atoms with E-state index in [0.29, 0.717) is 5.56 Å². The summed E-state index contributed by atoms with van der Waals surface area (Å²) in [6.07, 6.45) is 0. The predicted octanol–water partition coefficient (Wildman–Crippen LogP) is 5.61. The number of hydrogen-bond acceptors (Lipinski definition) is 1. The highest BCUT2D eigenvalue weighted by Gasteiger charge is 2.50. The molecule has 0 aliphatic carbocycles. The predicted molar refractivity (Wildman–Crippen MR) is 125 cm³/mol. The summed E-state index contributed by atoms with van der Waals surface area (Å²) in [5.74, 6) is 0. The highest BCUT2D eigenvalue weighted by atomic mass is 31.2. The van der Waals surface area contributed by atoms with Crippen LogP contribution in [0.1, 0.15) is 23.7 Å². The Bertz CT molecular complexity index is 1000. The van der Waals surface area contributed by atoms with Gasteiger partial charge in [0.1, 0.15) is 28.8 Å². The third-order valence-electron chi connectivity index (χ3n) is 5.59. The molecule has 0 amide bonds. The van der Waals surface area contributed by atoms with Gasteiger partial charge in [-0.15, -0.1) is 0 Å². The van der Waals surface area contributed by atoms with Crippen LogP contribution in [-0.4, -0.2) is 0 Å². The molecule has 0 aromatic heterocycles. The first kappa shape index (κ1) is 19.1. The van der Waals surface area contributed by atoms with Crippen molar-refractivity contribution in [3.05, 3.63) is 126 Å². The van der Waals surface area contributed by atoms with Gasteiger partial charge in [0.05, 0.1) is 11.6 Å². The fourth-order valence-electron chi connectivity index (χ4n) is 4.17. The summed E-state index contributed by atoms with van der Waals surface area (Å²) in [6.45, 7) is 2.34. The van der Waals surface area contributed by atoms with Gasteiger partial charge in [-0.2, -0.15) is 5.26 Å². The lowest BCUT2D eigenvalue weighted by atomic mass is 10.1. The van der Waals surface area contributed by atoms with Crippen LogP contribution in [0, 0.1) is 11.3 Å². The molecule has 2 heteroatoms. The van der Waals surface area contributed by atoms with Crippen LogP contribution in [-0.2, 0) is 0 Å². The Hall–Kier alpha value is -3.20. The zero-order valence-electron chi connectivity index (χ0n) is 16.4. The normalized spacial score (nSPS) is 12.1. The largest absolute Gasteiger partial charge is 0.192 e. The Kier molecular flexibility index (Phi) is 5.57. The third-order valence-corrected chi connectivity index (χ3v) is 10.4. The number of nitriles is 1. The van der Waals surface area contributed by atoms with Crippen LogP contribution in [0.4, 0.5) is 0 Å². The summed E-state index contributed by atoms with van der Waals surface area (Å²) < 4.78 is 0. The molecule has 0 heterocycles. The van der Waals surface area contributed by atoms with Gasteiger partial charge in [-0.1, -0.05) is 66.7 Å². The molecule has 140 valence electrons. The minimum Gasteiger partial charge on any atom is -0.192 e. The molecule has 0 fully saturated rings. The molecule has 0 saturated heterocycles. The zero-order chi connectivity index (χ0) is 20.1. The molecule has 1 nitrogen and oxygen atoms in total. The van der Waals surface area contributed by atoms with Crippen molar-refractivity contribution in [2.75, 3.05) is 0 Å². The third kappa shape index (κ3) is 3.49. The topological polar surface area (TPSA) is 23.8 Å². The van der Waals surface area contributed by atoms with Gasteiger partial charge in [0.2, 0.25) is 0 Å². The van der Waals surface area contributed by atoms with Crippen LogP contribution in [0.15, 0.2) is 115 Å². The molecule has 29 heavy (non-hydrogen) atoms. The van der Waals surface area contributed by atoms with E-state index in [2.05, 4.69) is 116 Å². The number of rotatable bonds is 5. The lowest BCUT2D eigenvalue weighted by Gasteiger charge is -2.33. The number of nitrogens with zero attached hydrogens (tertiary/aromatic N) is 1. The van der Waals surface area contributed by atoms with E-state index in [-0.39, 0.29) is 5.66 Å². The molecule has 4 aromatic carbocycles. The molecule has 1 atom stereocenters. The first-order valence-electron chi connectivity index (χ1n) is 9.82. The van der Waals surface area contributed by atoms with Crippen LogP contribution < -0.4 is 15.9 Å². The van der Waals surface area contributed by atoms with Gasteiger partial charge in [-0.05, 0) is 61.0 Å². The van der Waals surface area contributed by atoms with Crippen molar-refractivity contribution in [1.82, 2.24) is 0 Å². The van der Waals surface area contributed by atoms with E-state index in [9.17, 15) is 5.26 Å². The highest BCUT2D eigenvalue weighted by Crippen LogP contribution is 2.66. The monoisotopic (exact) mass is 392 g/mol. The molecule has 0 radical (unpaired) electrons. The fraction of sp³-hybridized carbons (Fsp3) is 0.0741. The van der Waals surface area contributed by atoms with E-state index in [1.807, 2.05) is 12.1 Å². The van der Waals surface area contributed by atoms with E-state index >= 15 is 0 Å². The lowest BCUT2D eigenvalue weighted by molar-refractivity contribution is 1.08. The van der Waals surface area contributed by atoms with Crippen LogP contribution in [0.5, 0.6) is 0 Å². The molecule has 0 aliphatic heterocycles. The van der Waals surface area contributed by atoms with E-state index < -0.39 is 7.26 Å². The molecule has 0 N–H and O–H groups in total. The van der Waals surface area contributed by atoms with E-state index in [1.54, 1.807) is 0 Å². The number of benzene rings is 4. The van der Waals surface area contributed by atoms with Crippen molar-refractivity contribution in [3.63, 3.8) is 0 Å². The minimum atomic E-state index is -1.97. The van der Waals surface area contributed by atoms with E-state index in [0.717, 1.165) is 0 Å². The Morgan fingerprint density at radius 2 is 0.966 bits per heavy atom. The molecular weight excluding hydrogens is 369 g/mol. The van der Waals surface area contributed by atoms with Crippen molar-refractivity contribution < 1.29 is 0 Å². The molecular formula is C27H23NP+. The summed E-state index contributed by atoms with van der Waals surface area (Å²) in [5, 5.41) is 13.3. The van der Waals surface area contributed by atoms with Crippen LogP contribution >= 0.6 is 7.26 Å². The summed E-state index contributed by atoms with van der Waals surface area (Å²) in [6, 6.07) is 43.1. The molecule has 4 rings (SSSR count). The average Bonchev–Trinajstić information content (AvgIpc) is 2.82. The SMILES string of the molecule is CC(c1ccc(C#N)cc1)[P+](c1ccccc1)(c1ccccc1)c1ccccc1. The first-order chi connectivity index (χ1) is 14.3. The maximum Gasteiger partial charge on any atom is 0.119 e. The molecule has 1 unspecified atom stereocenters. The second-order valence-corrected chi connectivity index (χ2v) is 10.9. The summed E-state index contributed by atoms with van der Waals surface area (Å²) in [4.78, 5) is 0. The maximum absolute atomic E-state index is 9.22. The minimum absolute atomic E-state index is 0.266. The standard InChI is InChI=1S/C27H23NP/c1-22(24-19-17-23(21-28)18-20-24)29(25-11-5-2-6-12-25,26-13-7-3-8-14-26)27-15-9-4-10-16-27/h2-20,22H,1H3/q+1. The second kappa shape index (κ2) is 8.44. The van der Waals surface area contributed by atoms with Gasteiger partial charge < -0.3 is 0 Å². The quantitative estimate of drug-likeness (QED) is 0.405. The van der Waals surface area contributed by atoms with Gasteiger partial charge in [0.25, 0.3) is 0 Å². The second-order valence-electron chi connectivity index (χ2n) is 7.14. The summed E-state index contributed by atoms with van der Waals surface area (Å²) in [5.41, 5.74) is 2.22. The lowest BCUT2D eigenvalue weighted by Crippen LogP contribution is -2.34. The molecule has 0 bridgehead atoms. The highest BCUT2D eigenvalue weighted by molar-refractivity contribution is 7.95. The maximum atomic E-state index is 9.22. The fourth-order valence-corrected chi connectivity index (χ4v) is 8.95. The van der Waals surface area contributed by atoms with E-state index in [4.69, 9.17) is 0 Å². The van der Waals surface area contributed by atoms with Crippen molar-refractivity contribution >= 4 is 23.2 Å². The summed E-state index contributed by atoms with van der Waals surface area (Å²) >= 11 is 0. The van der Waals surface area contributed by atoms with Crippen LogP contribution in [0.2, 0.25) is 0 Å². The zero-order valence-corrected chi connectivity index (χ0v) is 17.3. The average molecular weight is 392 g/mol. The Balaban J connectivity index is 2.03. The van der Waals surface area contributed by atoms with Gasteiger partial charge in [0.15, 0.2) is 0 Å². The molecule has 0 spiro atoms. The van der Waals surface area contributed by atoms with Crippen LogP contribution in [0.25, 0.3) is 0 Å². The van der Waals surface area contributed by atoms with Gasteiger partial charge >= 0.3 is 0 Å². The van der Waals surface area contributed by atoms with Gasteiger partial charge in [-0.25, -0.2) is 0 Å². The van der Waals surface area contributed by atoms with Crippen molar-refractivity contribution in [2.24, 2.45) is 0 Å². The Morgan fingerprint density at radius 3 is 1.31 bits per heavy atom. The Morgan fingerprint density at radius 1 is 0.586 bits per heavy atom. The van der Waals surface area contributed by atoms with Crippen molar-refractivity contribution in [1.29, 1.82) is 5.26 Å². The number of hydrogen-bond donors (Lipinski definition) is 0. The smallest absolute Gasteiger partial charge is 0.119 e. The molecule has 4 aromatic rings. The molecule has 0 aliphatic rings. The van der Waals surface area contributed by atoms with E-state index in [1.165, 1.54) is 21.5 Å². The van der Waals surface area contributed by atoms with Crippen molar-refractivity contribution in [2.45, 2.75) is 12.6 Å². The van der Waals surface area contributed by atoms with Gasteiger partial charge in [0, 0.05) is 0 Å². The Labute approximate surface area is 173 Å². The summed E-state index contributed by atoms with van der Waals surface area (Å²) in [7, 11) is -1.97. The van der Waals surface area contributed by atoms with Crippen LogP contribution in [0.3, 0.4) is 0 Å². The first-order valence-corrected chi connectivity index (χ1v) is 11.7. The van der Waals surface area contributed by atoms with Gasteiger partial charge in [-0.3, -0.25) is 0 Å². The van der Waals surface area contributed by atoms with Crippen molar-refractivity contribution in [3.8, 4) is 6.07 Å².